The van der Waals surface area contributed by atoms with E-state index in [4.69, 9.17) is 10.5 Å². The molecule has 0 aliphatic rings. The van der Waals surface area contributed by atoms with Crippen LogP contribution in [0.25, 0.3) is 0 Å². The lowest BCUT2D eigenvalue weighted by Gasteiger charge is -2.03. The number of anilines is 1. The standard InChI is InChI=1S/C12H17FN6O/c1-8(14)6-20-7-12-17-11(18-19-12)5-16-10-3-2-9(13)4-15-10/h2-4,8H,5-7,14H2,1H3,(H,15,16)(H,17,18,19)/t8-/m0/s1. The Hall–Kier alpha value is -2.06. The molecule has 2 aromatic heterocycles. The van der Waals surface area contributed by atoms with E-state index < -0.39 is 0 Å². The number of H-pyrrole nitrogens is 1. The predicted molar refractivity (Wildman–Crippen MR) is 71.2 cm³/mol. The Bertz CT molecular complexity index is 527. The van der Waals surface area contributed by atoms with Gasteiger partial charge in [0.15, 0.2) is 5.82 Å². The molecule has 4 N–H and O–H groups in total. The number of hydrogen-bond acceptors (Lipinski definition) is 6. The van der Waals surface area contributed by atoms with Crippen LogP contribution in [0, 0.1) is 5.82 Å². The fourth-order valence-electron chi connectivity index (χ4n) is 1.47. The molecule has 0 spiro atoms. The van der Waals surface area contributed by atoms with Crippen molar-refractivity contribution in [2.24, 2.45) is 5.73 Å². The summed E-state index contributed by atoms with van der Waals surface area (Å²) in [5.41, 5.74) is 5.57. The second-order valence-corrected chi connectivity index (χ2v) is 4.41. The summed E-state index contributed by atoms with van der Waals surface area (Å²) in [5, 5.41) is 9.81. The number of nitrogens with zero attached hydrogens (tertiary/aromatic N) is 3. The van der Waals surface area contributed by atoms with E-state index in [9.17, 15) is 4.39 Å². The van der Waals surface area contributed by atoms with E-state index in [-0.39, 0.29) is 11.9 Å². The van der Waals surface area contributed by atoms with Gasteiger partial charge in [-0.1, -0.05) is 0 Å². The minimum atomic E-state index is -0.371. The highest BCUT2D eigenvalue weighted by molar-refractivity contribution is 5.33. The van der Waals surface area contributed by atoms with E-state index >= 15 is 0 Å². The van der Waals surface area contributed by atoms with Crippen LogP contribution in [-0.2, 0) is 17.9 Å². The summed E-state index contributed by atoms with van der Waals surface area (Å²) in [6, 6.07) is 2.88. The predicted octanol–water partition coefficient (Wildman–Crippen LogP) is 0.815. The molecule has 0 saturated heterocycles. The van der Waals surface area contributed by atoms with Gasteiger partial charge < -0.3 is 15.8 Å². The summed E-state index contributed by atoms with van der Waals surface area (Å²) in [6.45, 7) is 3.05. The first-order chi connectivity index (χ1) is 9.63. The first kappa shape index (κ1) is 14.4. The van der Waals surface area contributed by atoms with Crippen LogP contribution in [0.15, 0.2) is 18.3 Å². The fraction of sp³-hybridized carbons (Fsp3) is 0.417. The zero-order chi connectivity index (χ0) is 14.4. The maximum atomic E-state index is 12.7. The highest BCUT2D eigenvalue weighted by Gasteiger charge is 2.04. The molecule has 0 amide bonds. The maximum absolute atomic E-state index is 12.7. The molecule has 0 radical (unpaired) electrons. The van der Waals surface area contributed by atoms with Gasteiger partial charge in [0.2, 0.25) is 0 Å². The average Bonchev–Trinajstić information content (AvgIpc) is 2.86. The molecule has 7 nitrogen and oxygen atoms in total. The quantitative estimate of drug-likeness (QED) is 0.694. The molecule has 0 aromatic carbocycles. The number of aromatic nitrogens is 4. The Morgan fingerprint density at radius 2 is 2.35 bits per heavy atom. The molecule has 2 rings (SSSR count). The molecule has 108 valence electrons. The van der Waals surface area contributed by atoms with E-state index in [2.05, 4.69) is 25.5 Å². The number of rotatable bonds is 7. The van der Waals surface area contributed by atoms with Crippen molar-refractivity contribution in [1.29, 1.82) is 0 Å². The van der Waals surface area contributed by atoms with Crippen LogP contribution in [0.1, 0.15) is 18.6 Å². The van der Waals surface area contributed by atoms with Gasteiger partial charge in [0.05, 0.1) is 19.3 Å². The number of nitrogens with two attached hydrogens (primary N) is 1. The highest BCUT2D eigenvalue weighted by atomic mass is 19.1. The zero-order valence-corrected chi connectivity index (χ0v) is 11.1. The van der Waals surface area contributed by atoms with Gasteiger partial charge in [-0.25, -0.2) is 14.4 Å². The highest BCUT2D eigenvalue weighted by Crippen LogP contribution is 2.05. The second-order valence-electron chi connectivity index (χ2n) is 4.41. The lowest BCUT2D eigenvalue weighted by molar-refractivity contribution is 0.106. The van der Waals surface area contributed by atoms with Gasteiger partial charge in [-0.2, -0.15) is 5.10 Å². The topological polar surface area (TPSA) is 102 Å². The first-order valence-corrected chi connectivity index (χ1v) is 6.22. The molecular weight excluding hydrogens is 263 g/mol. The van der Waals surface area contributed by atoms with Gasteiger partial charge in [0, 0.05) is 6.04 Å². The molecule has 20 heavy (non-hydrogen) atoms. The zero-order valence-electron chi connectivity index (χ0n) is 11.1. The lowest BCUT2D eigenvalue weighted by atomic mass is 10.4. The van der Waals surface area contributed by atoms with Crippen LogP contribution < -0.4 is 11.1 Å². The molecular formula is C12H17FN6O. The van der Waals surface area contributed by atoms with Crippen molar-refractivity contribution in [3.8, 4) is 0 Å². The van der Waals surface area contributed by atoms with E-state index in [1.807, 2.05) is 6.92 Å². The summed E-state index contributed by atoms with van der Waals surface area (Å²) in [5.74, 6) is 1.41. The lowest BCUT2D eigenvalue weighted by Crippen LogP contribution is -2.21. The molecule has 0 fully saturated rings. The minimum absolute atomic E-state index is 0.0142. The Balaban J connectivity index is 1.79. The van der Waals surface area contributed by atoms with Crippen molar-refractivity contribution in [3.63, 3.8) is 0 Å². The Morgan fingerprint density at radius 3 is 3.05 bits per heavy atom. The molecule has 2 heterocycles. The van der Waals surface area contributed by atoms with Crippen molar-refractivity contribution in [3.05, 3.63) is 35.8 Å². The van der Waals surface area contributed by atoms with Crippen molar-refractivity contribution in [2.75, 3.05) is 11.9 Å². The number of hydrogen-bond donors (Lipinski definition) is 3. The molecule has 0 aliphatic carbocycles. The largest absolute Gasteiger partial charge is 0.372 e. The van der Waals surface area contributed by atoms with Crippen LogP contribution in [0.5, 0.6) is 0 Å². The van der Waals surface area contributed by atoms with Crippen molar-refractivity contribution in [2.45, 2.75) is 26.1 Å². The van der Waals surface area contributed by atoms with Gasteiger partial charge in [0.25, 0.3) is 0 Å². The van der Waals surface area contributed by atoms with Crippen LogP contribution in [0.2, 0.25) is 0 Å². The molecule has 1 atom stereocenters. The summed E-state index contributed by atoms with van der Waals surface area (Å²) in [6.07, 6.45) is 1.15. The van der Waals surface area contributed by atoms with Gasteiger partial charge in [-0.05, 0) is 19.1 Å². The summed E-state index contributed by atoms with van der Waals surface area (Å²) >= 11 is 0. The third-order valence-corrected chi connectivity index (χ3v) is 2.35. The number of ether oxygens (including phenoxy) is 1. The van der Waals surface area contributed by atoms with Crippen molar-refractivity contribution >= 4 is 5.82 Å². The van der Waals surface area contributed by atoms with E-state index in [1.165, 1.54) is 6.07 Å². The summed E-state index contributed by atoms with van der Waals surface area (Å²) in [4.78, 5) is 8.13. The Labute approximate surface area is 115 Å². The third kappa shape index (κ3) is 4.56. The Kier molecular flexibility index (Phi) is 4.97. The van der Waals surface area contributed by atoms with E-state index in [0.29, 0.717) is 37.2 Å². The molecule has 0 saturated carbocycles. The van der Waals surface area contributed by atoms with Gasteiger partial charge in [-0.15, -0.1) is 0 Å². The molecule has 8 heteroatoms. The second kappa shape index (κ2) is 6.92. The normalized spacial score (nSPS) is 12.3. The van der Waals surface area contributed by atoms with E-state index in [0.717, 1.165) is 6.20 Å². The maximum Gasteiger partial charge on any atom is 0.176 e. The minimum Gasteiger partial charge on any atom is -0.372 e. The summed E-state index contributed by atoms with van der Waals surface area (Å²) < 4.78 is 18.0. The van der Waals surface area contributed by atoms with Crippen LogP contribution in [-0.4, -0.2) is 32.8 Å². The number of halogens is 1. The van der Waals surface area contributed by atoms with Crippen molar-refractivity contribution < 1.29 is 9.13 Å². The SMILES string of the molecule is C[C@H](N)COCc1n[nH]c(CNc2ccc(F)cn2)n1. The van der Waals surface area contributed by atoms with Crippen LogP contribution >= 0.6 is 0 Å². The Morgan fingerprint density at radius 1 is 1.50 bits per heavy atom. The third-order valence-electron chi connectivity index (χ3n) is 2.35. The van der Waals surface area contributed by atoms with Gasteiger partial charge in [0.1, 0.15) is 24.1 Å². The number of pyridine rings is 1. The fourth-order valence-corrected chi connectivity index (χ4v) is 1.47. The number of nitrogens with one attached hydrogen (secondary N) is 2. The molecule has 0 unspecified atom stereocenters. The summed E-state index contributed by atoms with van der Waals surface area (Å²) in [7, 11) is 0. The monoisotopic (exact) mass is 280 g/mol. The van der Waals surface area contributed by atoms with Gasteiger partial charge >= 0.3 is 0 Å². The van der Waals surface area contributed by atoms with Crippen molar-refractivity contribution in [1.82, 2.24) is 20.2 Å². The molecule has 0 aliphatic heterocycles. The van der Waals surface area contributed by atoms with Gasteiger partial charge in [-0.3, -0.25) is 5.10 Å². The smallest absolute Gasteiger partial charge is 0.176 e. The molecule has 0 bridgehead atoms. The number of aromatic amines is 1. The van der Waals surface area contributed by atoms with Crippen LogP contribution in [0.4, 0.5) is 10.2 Å². The average molecular weight is 280 g/mol. The first-order valence-electron chi connectivity index (χ1n) is 6.22. The van der Waals surface area contributed by atoms with E-state index in [1.54, 1.807) is 6.07 Å². The molecule has 2 aromatic rings. The van der Waals surface area contributed by atoms with Crippen LogP contribution in [0.3, 0.4) is 0 Å².